The Balaban J connectivity index is 2.72. The van der Waals surface area contributed by atoms with Gasteiger partial charge in [-0.2, -0.15) is 5.26 Å². The first-order valence-electron chi connectivity index (χ1n) is 8.67. The number of benzene rings is 1. The molecule has 0 spiro atoms. The summed E-state index contributed by atoms with van der Waals surface area (Å²) in [7, 11) is 0. The number of rotatable bonds is 7. The summed E-state index contributed by atoms with van der Waals surface area (Å²) < 4.78 is 10.1. The molecule has 2 rings (SSSR count). The summed E-state index contributed by atoms with van der Waals surface area (Å²) in [6, 6.07) is 7.27. The van der Waals surface area contributed by atoms with Crippen molar-refractivity contribution in [2.45, 2.75) is 19.8 Å². The van der Waals surface area contributed by atoms with E-state index in [1.54, 1.807) is 6.92 Å². The largest absolute Gasteiger partial charge is 0.463 e. The lowest BCUT2D eigenvalue weighted by atomic mass is 9.80. The van der Waals surface area contributed by atoms with Gasteiger partial charge in [0.15, 0.2) is 0 Å². The van der Waals surface area contributed by atoms with Crippen molar-refractivity contribution in [3.05, 3.63) is 62.5 Å². The van der Waals surface area contributed by atoms with Gasteiger partial charge in [-0.25, -0.2) is 9.59 Å². The number of aliphatic hydroxyl groups is 1. The van der Waals surface area contributed by atoms with Crippen molar-refractivity contribution in [3.8, 4) is 6.07 Å². The molecule has 10 heteroatoms. The number of nitriles is 1. The number of carbonyl (C=O) groups excluding carboxylic acids is 2. The van der Waals surface area contributed by atoms with Gasteiger partial charge in [0.05, 0.1) is 35.2 Å². The standard InChI is InChI=1S/C19H19N3O7/c1-3-28-19(25)17-14(10-20)21-11(2)15(18(24)29-8-7-23)16(17)12-5-4-6-13(9-12)22(26)27/h4-6,9,16,21,23H,3,7-8H2,1-2H3. The second kappa shape index (κ2) is 9.48. The summed E-state index contributed by atoms with van der Waals surface area (Å²) >= 11 is 0. The number of aliphatic hydroxyl groups excluding tert-OH is 1. The van der Waals surface area contributed by atoms with Gasteiger partial charge < -0.3 is 19.9 Å². The van der Waals surface area contributed by atoms with Crippen molar-refractivity contribution in [3.63, 3.8) is 0 Å². The maximum Gasteiger partial charge on any atom is 0.337 e. The Labute approximate surface area is 166 Å². The summed E-state index contributed by atoms with van der Waals surface area (Å²) in [4.78, 5) is 35.9. The van der Waals surface area contributed by atoms with Crippen molar-refractivity contribution < 1.29 is 29.1 Å². The Bertz CT molecular complexity index is 943. The molecule has 1 heterocycles. The highest BCUT2D eigenvalue weighted by Gasteiger charge is 2.39. The highest BCUT2D eigenvalue weighted by molar-refractivity contribution is 6.00. The molecule has 1 atom stereocenters. The summed E-state index contributed by atoms with van der Waals surface area (Å²) in [6.45, 7) is 2.44. The summed E-state index contributed by atoms with van der Waals surface area (Å²) in [5, 5.41) is 32.4. The SMILES string of the molecule is CCOC(=O)C1=C(C#N)NC(C)=C(C(=O)OCCO)C1c1cccc([N+](=O)[O-])c1. The first-order valence-corrected chi connectivity index (χ1v) is 8.67. The van der Waals surface area contributed by atoms with Gasteiger partial charge >= 0.3 is 11.9 Å². The van der Waals surface area contributed by atoms with E-state index in [1.807, 2.05) is 6.07 Å². The quantitative estimate of drug-likeness (QED) is 0.392. The molecule has 0 aliphatic carbocycles. The van der Waals surface area contributed by atoms with Gasteiger partial charge in [-0.3, -0.25) is 10.1 Å². The number of dihydropyridines is 1. The van der Waals surface area contributed by atoms with Crippen LogP contribution < -0.4 is 5.32 Å². The van der Waals surface area contributed by atoms with Crippen molar-refractivity contribution in [2.75, 3.05) is 19.8 Å². The van der Waals surface area contributed by atoms with Crippen LogP contribution in [0.2, 0.25) is 0 Å². The first-order chi connectivity index (χ1) is 13.8. The number of hydrogen-bond acceptors (Lipinski definition) is 9. The topological polar surface area (TPSA) is 152 Å². The van der Waals surface area contributed by atoms with Gasteiger partial charge in [0, 0.05) is 17.8 Å². The fourth-order valence-corrected chi connectivity index (χ4v) is 2.98. The molecular weight excluding hydrogens is 382 g/mol. The molecule has 1 aromatic rings. The number of nitrogens with one attached hydrogen (secondary N) is 1. The zero-order chi connectivity index (χ0) is 21.6. The third kappa shape index (κ3) is 4.59. The van der Waals surface area contributed by atoms with E-state index in [-0.39, 0.29) is 47.0 Å². The molecule has 0 fully saturated rings. The highest BCUT2D eigenvalue weighted by atomic mass is 16.6. The monoisotopic (exact) mass is 401 g/mol. The number of non-ortho nitro benzene ring substituents is 1. The van der Waals surface area contributed by atoms with Crippen LogP contribution in [0.4, 0.5) is 5.69 Å². The van der Waals surface area contributed by atoms with Crippen molar-refractivity contribution in [2.24, 2.45) is 0 Å². The van der Waals surface area contributed by atoms with E-state index in [0.29, 0.717) is 0 Å². The van der Waals surface area contributed by atoms with Crippen molar-refractivity contribution >= 4 is 17.6 Å². The average Bonchev–Trinajstić information content (AvgIpc) is 2.71. The van der Waals surface area contributed by atoms with E-state index in [4.69, 9.17) is 14.6 Å². The molecule has 0 amide bonds. The van der Waals surface area contributed by atoms with Crippen LogP contribution >= 0.6 is 0 Å². The minimum absolute atomic E-state index is 0.0130. The first kappa shape index (κ1) is 21.6. The molecule has 1 aliphatic heterocycles. The summed E-state index contributed by atoms with van der Waals surface area (Å²) in [5.74, 6) is -2.80. The number of nitro groups is 1. The van der Waals surface area contributed by atoms with Crippen molar-refractivity contribution in [1.82, 2.24) is 5.32 Å². The maximum atomic E-state index is 12.7. The molecule has 2 N–H and O–H groups in total. The average molecular weight is 401 g/mol. The molecule has 1 aromatic carbocycles. The fraction of sp³-hybridized carbons (Fsp3) is 0.316. The fourth-order valence-electron chi connectivity index (χ4n) is 2.98. The Morgan fingerprint density at radius 1 is 1.31 bits per heavy atom. The lowest BCUT2D eigenvalue weighted by Gasteiger charge is -2.29. The number of esters is 2. The third-order valence-corrected chi connectivity index (χ3v) is 4.13. The van der Waals surface area contributed by atoms with Crippen LogP contribution in [0.25, 0.3) is 0 Å². The predicted molar refractivity (Wildman–Crippen MR) is 99.0 cm³/mol. The second-order valence-electron chi connectivity index (χ2n) is 5.93. The van der Waals surface area contributed by atoms with E-state index in [0.717, 1.165) is 0 Å². The Morgan fingerprint density at radius 3 is 2.59 bits per heavy atom. The van der Waals surface area contributed by atoms with Crippen LogP contribution in [0, 0.1) is 21.4 Å². The van der Waals surface area contributed by atoms with Crippen LogP contribution in [0.15, 0.2) is 46.8 Å². The van der Waals surface area contributed by atoms with Crippen LogP contribution in [0.3, 0.4) is 0 Å². The molecule has 0 aromatic heterocycles. The smallest absolute Gasteiger partial charge is 0.337 e. The summed E-state index contributed by atoms with van der Waals surface area (Å²) in [6.07, 6.45) is 0. The third-order valence-electron chi connectivity index (χ3n) is 4.13. The van der Waals surface area contributed by atoms with Crippen LogP contribution in [0.5, 0.6) is 0 Å². The molecule has 1 unspecified atom stereocenters. The number of nitrogens with zero attached hydrogens (tertiary/aromatic N) is 2. The predicted octanol–water partition coefficient (Wildman–Crippen LogP) is 1.43. The molecule has 0 saturated carbocycles. The summed E-state index contributed by atoms with van der Waals surface area (Å²) in [5.41, 5.74) is -0.0575. The minimum atomic E-state index is -1.13. The Kier molecular flexibility index (Phi) is 7.05. The number of carbonyl (C=O) groups is 2. The van der Waals surface area contributed by atoms with Crippen molar-refractivity contribution in [1.29, 1.82) is 5.26 Å². The number of ether oxygens (including phenoxy) is 2. The molecule has 1 aliphatic rings. The lowest BCUT2D eigenvalue weighted by molar-refractivity contribution is -0.384. The highest BCUT2D eigenvalue weighted by Crippen LogP contribution is 2.40. The Morgan fingerprint density at radius 2 is 2.00 bits per heavy atom. The molecule has 152 valence electrons. The zero-order valence-corrected chi connectivity index (χ0v) is 15.8. The van der Waals surface area contributed by atoms with Gasteiger partial charge in [0.25, 0.3) is 5.69 Å². The van der Waals surface area contributed by atoms with Gasteiger partial charge in [0.1, 0.15) is 18.4 Å². The van der Waals surface area contributed by atoms with Crippen LogP contribution in [0.1, 0.15) is 25.3 Å². The zero-order valence-electron chi connectivity index (χ0n) is 15.8. The van der Waals surface area contributed by atoms with E-state index in [2.05, 4.69) is 5.32 Å². The van der Waals surface area contributed by atoms with E-state index in [9.17, 15) is 25.0 Å². The molecule has 0 bridgehead atoms. The molecule has 0 radical (unpaired) electrons. The van der Waals surface area contributed by atoms with Gasteiger partial charge in [0.2, 0.25) is 0 Å². The van der Waals surface area contributed by atoms with E-state index < -0.39 is 29.4 Å². The lowest BCUT2D eigenvalue weighted by Crippen LogP contribution is -2.33. The molecule has 10 nitrogen and oxygen atoms in total. The second-order valence-corrected chi connectivity index (χ2v) is 5.93. The van der Waals surface area contributed by atoms with E-state index >= 15 is 0 Å². The van der Waals surface area contributed by atoms with E-state index in [1.165, 1.54) is 31.2 Å². The number of nitro benzene ring substituents is 1. The normalized spacial score (nSPS) is 16.0. The molecule has 29 heavy (non-hydrogen) atoms. The number of allylic oxidation sites excluding steroid dienone is 2. The molecule has 0 saturated heterocycles. The van der Waals surface area contributed by atoms with Crippen LogP contribution in [-0.4, -0.2) is 41.8 Å². The van der Waals surface area contributed by atoms with Crippen LogP contribution in [-0.2, 0) is 19.1 Å². The Hall–Kier alpha value is -3.71. The molecular formula is C19H19N3O7. The van der Waals surface area contributed by atoms with Gasteiger partial charge in [-0.05, 0) is 19.4 Å². The maximum absolute atomic E-state index is 12.7. The van der Waals surface area contributed by atoms with Gasteiger partial charge in [-0.15, -0.1) is 0 Å². The minimum Gasteiger partial charge on any atom is -0.463 e. The number of hydrogen-bond donors (Lipinski definition) is 2. The van der Waals surface area contributed by atoms with Gasteiger partial charge in [-0.1, -0.05) is 12.1 Å².